The van der Waals surface area contributed by atoms with Gasteiger partial charge in [0.2, 0.25) is 0 Å². The smallest absolute Gasteiger partial charge is 0.155 e. The maximum Gasteiger partial charge on any atom is 0.155 e. The van der Waals surface area contributed by atoms with Gasteiger partial charge < -0.3 is 20.9 Å². The topological polar surface area (TPSA) is 95.2 Å². The van der Waals surface area contributed by atoms with E-state index in [-0.39, 0.29) is 0 Å². The van der Waals surface area contributed by atoms with E-state index >= 15 is 0 Å². The summed E-state index contributed by atoms with van der Waals surface area (Å²) in [6, 6.07) is 29.2. The van der Waals surface area contributed by atoms with E-state index in [1.54, 1.807) is 60.7 Å². The molecule has 0 atom stereocenters. The van der Waals surface area contributed by atoms with Gasteiger partial charge in [-0.15, -0.1) is 5.11 Å². The first-order valence-corrected chi connectivity index (χ1v) is 9.33. The Morgan fingerprint density at radius 3 is 1.73 bits per heavy atom. The second kappa shape index (κ2) is 8.79. The predicted molar refractivity (Wildman–Crippen MR) is 119 cm³/mol. The molecular weight excluding hydrogens is 376 g/mol. The molecule has 4 N–H and O–H groups in total. The Kier molecular flexibility index (Phi) is 5.57. The normalized spacial score (nSPS) is 10.8. The van der Waals surface area contributed by atoms with Crippen LogP contribution < -0.4 is 20.9 Å². The monoisotopic (exact) mass is 396 g/mol. The van der Waals surface area contributed by atoms with Gasteiger partial charge in [0.25, 0.3) is 0 Å². The largest absolute Gasteiger partial charge is 0.457 e. The summed E-state index contributed by atoms with van der Waals surface area (Å²) in [7, 11) is 0. The van der Waals surface area contributed by atoms with Crippen molar-refractivity contribution < 1.29 is 9.47 Å². The van der Waals surface area contributed by atoms with E-state index in [0.717, 1.165) is 5.69 Å². The van der Waals surface area contributed by atoms with Gasteiger partial charge in [-0.1, -0.05) is 18.2 Å². The third-order valence-electron chi connectivity index (χ3n) is 4.18. The maximum absolute atomic E-state index is 5.99. The Bertz CT molecular complexity index is 1140. The molecule has 0 radical (unpaired) electrons. The van der Waals surface area contributed by atoms with Crippen LogP contribution in [-0.2, 0) is 0 Å². The number of azo groups is 1. The van der Waals surface area contributed by atoms with E-state index in [9.17, 15) is 0 Å². The molecule has 4 aromatic carbocycles. The lowest BCUT2D eigenvalue weighted by atomic mass is 10.2. The van der Waals surface area contributed by atoms with Crippen molar-refractivity contribution in [2.45, 2.75) is 0 Å². The molecule has 0 amide bonds. The summed E-state index contributed by atoms with van der Waals surface area (Å²) in [5.74, 6) is 2.46. The lowest BCUT2D eigenvalue weighted by Crippen LogP contribution is -1.89. The van der Waals surface area contributed by atoms with Gasteiger partial charge in [-0.05, 0) is 72.8 Å². The summed E-state index contributed by atoms with van der Waals surface area (Å²) >= 11 is 0. The molecule has 0 aliphatic heterocycles. The standard InChI is InChI=1S/C24H20N4O2/c25-17-6-10-20(11-7-17)29-22-14-15-24(30-21-12-8-18(26)9-13-21)23(16-22)28-27-19-4-2-1-3-5-19/h1-16H,25-26H2. The number of nitrogens with zero attached hydrogens (tertiary/aromatic N) is 2. The number of hydrogen-bond acceptors (Lipinski definition) is 6. The first-order valence-electron chi connectivity index (χ1n) is 9.33. The van der Waals surface area contributed by atoms with Crippen LogP contribution in [0.2, 0.25) is 0 Å². The fraction of sp³-hybridized carbons (Fsp3) is 0. The number of ether oxygens (including phenoxy) is 2. The van der Waals surface area contributed by atoms with Crippen LogP contribution >= 0.6 is 0 Å². The average molecular weight is 396 g/mol. The molecule has 0 saturated heterocycles. The number of anilines is 2. The number of rotatable bonds is 6. The van der Waals surface area contributed by atoms with Crippen LogP contribution in [0.25, 0.3) is 0 Å². The van der Waals surface area contributed by atoms with Gasteiger partial charge in [-0.3, -0.25) is 0 Å². The van der Waals surface area contributed by atoms with Crippen molar-refractivity contribution in [3.8, 4) is 23.0 Å². The zero-order valence-corrected chi connectivity index (χ0v) is 16.1. The molecule has 0 spiro atoms. The number of nitrogen functional groups attached to an aromatic ring is 2. The molecule has 148 valence electrons. The highest BCUT2D eigenvalue weighted by Crippen LogP contribution is 2.37. The van der Waals surface area contributed by atoms with E-state index in [2.05, 4.69) is 10.2 Å². The number of nitrogens with two attached hydrogens (primary N) is 2. The average Bonchev–Trinajstić information content (AvgIpc) is 2.77. The van der Waals surface area contributed by atoms with Gasteiger partial charge in [0.05, 0.1) is 5.69 Å². The van der Waals surface area contributed by atoms with Crippen molar-refractivity contribution in [1.82, 2.24) is 0 Å². The van der Waals surface area contributed by atoms with Crippen LogP contribution in [-0.4, -0.2) is 0 Å². The molecule has 0 heterocycles. The van der Waals surface area contributed by atoms with Gasteiger partial charge in [-0.2, -0.15) is 5.11 Å². The molecule has 0 unspecified atom stereocenters. The van der Waals surface area contributed by atoms with E-state index in [1.165, 1.54) is 0 Å². The van der Waals surface area contributed by atoms with Crippen LogP contribution in [0, 0.1) is 0 Å². The van der Waals surface area contributed by atoms with Crippen LogP contribution in [0.1, 0.15) is 0 Å². The van der Waals surface area contributed by atoms with Crippen LogP contribution in [0.3, 0.4) is 0 Å². The van der Waals surface area contributed by atoms with Crippen LogP contribution in [0.5, 0.6) is 23.0 Å². The Morgan fingerprint density at radius 2 is 1.10 bits per heavy atom. The number of benzene rings is 4. The second-order valence-electron chi connectivity index (χ2n) is 6.51. The van der Waals surface area contributed by atoms with Crippen LogP contribution in [0.15, 0.2) is 107 Å². The zero-order valence-electron chi connectivity index (χ0n) is 16.1. The van der Waals surface area contributed by atoms with Crippen molar-refractivity contribution in [2.75, 3.05) is 11.5 Å². The Morgan fingerprint density at radius 1 is 0.533 bits per heavy atom. The second-order valence-corrected chi connectivity index (χ2v) is 6.51. The van der Waals surface area contributed by atoms with Crippen molar-refractivity contribution >= 4 is 22.7 Å². The van der Waals surface area contributed by atoms with Crippen molar-refractivity contribution in [1.29, 1.82) is 0 Å². The lowest BCUT2D eigenvalue weighted by Gasteiger charge is -2.11. The minimum absolute atomic E-state index is 0.531. The Hall–Kier alpha value is -4.32. The molecule has 0 aromatic heterocycles. The predicted octanol–water partition coefficient (Wildman–Crippen LogP) is 6.85. The van der Waals surface area contributed by atoms with Gasteiger partial charge in [0.15, 0.2) is 5.75 Å². The van der Waals surface area contributed by atoms with E-state index in [4.69, 9.17) is 20.9 Å². The summed E-state index contributed by atoms with van der Waals surface area (Å²) in [5, 5.41) is 8.69. The molecule has 4 aromatic rings. The Balaban J connectivity index is 1.64. The first-order chi connectivity index (χ1) is 14.7. The van der Waals surface area contributed by atoms with Crippen molar-refractivity contribution in [3.05, 3.63) is 97.1 Å². The minimum Gasteiger partial charge on any atom is -0.457 e. The van der Waals surface area contributed by atoms with Gasteiger partial charge in [0.1, 0.15) is 22.9 Å². The maximum atomic E-state index is 5.99. The summed E-state index contributed by atoms with van der Waals surface area (Å²) < 4.78 is 11.9. The fourth-order valence-electron chi connectivity index (χ4n) is 2.67. The van der Waals surface area contributed by atoms with E-state index < -0.39 is 0 Å². The molecule has 0 aliphatic rings. The summed E-state index contributed by atoms with van der Waals surface area (Å²) in [6.45, 7) is 0. The molecule has 0 bridgehead atoms. The van der Waals surface area contributed by atoms with E-state index in [0.29, 0.717) is 40.1 Å². The van der Waals surface area contributed by atoms with Gasteiger partial charge in [-0.25, -0.2) is 0 Å². The first kappa shape index (κ1) is 19.0. The number of hydrogen-bond donors (Lipinski definition) is 2. The van der Waals surface area contributed by atoms with Crippen LogP contribution in [0.4, 0.5) is 22.7 Å². The molecule has 4 rings (SSSR count). The third kappa shape index (κ3) is 4.94. The van der Waals surface area contributed by atoms with Crippen molar-refractivity contribution in [2.24, 2.45) is 10.2 Å². The highest BCUT2D eigenvalue weighted by molar-refractivity contribution is 5.58. The fourth-order valence-corrected chi connectivity index (χ4v) is 2.67. The Labute approximate surface area is 174 Å². The SMILES string of the molecule is Nc1ccc(Oc2ccc(Oc3ccc(N)cc3)c(N=Nc3ccccc3)c2)cc1. The molecule has 0 fully saturated rings. The summed E-state index contributed by atoms with van der Waals surface area (Å²) in [5.41, 5.74) is 14.1. The van der Waals surface area contributed by atoms with Gasteiger partial charge in [0, 0.05) is 17.4 Å². The molecule has 6 heteroatoms. The highest BCUT2D eigenvalue weighted by atomic mass is 16.5. The third-order valence-corrected chi connectivity index (χ3v) is 4.18. The highest BCUT2D eigenvalue weighted by Gasteiger charge is 2.09. The summed E-state index contributed by atoms with van der Waals surface area (Å²) in [6.07, 6.45) is 0. The molecular formula is C24H20N4O2. The van der Waals surface area contributed by atoms with Gasteiger partial charge >= 0.3 is 0 Å². The minimum atomic E-state index is 0.531. The van der Waals surface area contributed by atoms with Crippen molar-refractivity contribution in [3.63, 3.8) is 0 Å². The molecule has 6 nitrogen and oxygen atoms in total. The van der Waals surface area contributed by atoms with E-state index in [1.807, 2.05) is 36.4 Å². The summed E-state index contributed by atoms with van der Waals surface area (Å²) in [4.78, 5) is 0. The molecule has 0 aliphatic carbocycles. The molecule has 0 saturated carbocycles. The lowest BCUT2D eigenvalue weighted by molar-refractivity contribution is 0.470. The zero-order chi connectivity index (χ0) is 20.8. The quantitative estimate of drug-likeness (QED) is 0.275. The molecule has 30 heavy (non-hydrogen) atoms.